The van der Waals surface area contributed by atoms with Crippen LogP contribution in [0.25, 0.3) is 16.4 Å². The van der Waals surface area contributed by atoms with Gasteiger partial charge >= 0.3 is 5.97 Å². The first-order chi connectivity index (χ1) is 12.5. The highest BCUT2D eigenvalue weighted by Crippen LogP contribution is 2.28. The summed E-state index contributed by atoms with van der Waals surface area (Å²) in [4.78, 5) is 30.5. The van der Waals surface area contributed by atoms with E-state index in [1.165, 1.54) is 6.33 Å². The molecule has 0 aliphatic carbocycles. The van der Waals surface area contributed by atoms with Crippen LogP contribution >= 0.6 is 11.6 Å². The van der Waals surface area contributed by atoms with Gasteiger partial charge in [0.05, 0.1) is 16.6 Å². The molecule has 0 unspecified atom stereocenters. The lowest BCUT2D eigenvalue weighted by molar-refractivity contribution is 0.0688. The Bertz CT molecular complexity index is 1050. The monoisotopic (exact) mass is 372 g/mol. The summed E-state index contributed by atoms with van der Waals surface area (Å²) in [6.45, 7) is 3.94. The molecule has 1 aliphatic rings. The number of rotatable bonds is 2. The van der Waals surface area contributed by atoms with E-state index in [1.54, 1.807) is 33.6 Å². The summed E-state index contributed by atoms with van der Waals surface area (Å²) in [6, 6.07) is 7.02. The molecule has 26 heavy (non-hydrogen) atoms. The van der Waals surface area contributed by atoms with Crippen molar-refractivity contribution >= 4 is 39.9 Å². The number of aromatic nitrogens is 2. The van der Waals surface area contributed by atoms with Crippen LogP contribution in [0.3, 0.4) is 0 Å². The highest BCUT2D eigenvalue weighted by atomic mass is 35.5. The second-order valence-electron chi connectivity index (χ2n) is 6.48. The van der Waals surface area contributed by atoms with Crippen molar-refractivity contribution in [2.24, 2.45) is 0 Å². The normalized spacial score (nSPS) is 17.8. The standard InChI is InChI=1S/C18H17ClN4O3/c1-10-8-22(5-4-20-10)17(24)13-7-15-16(18(25)26)21-9-23(15)14-3-2-11(19)6-12(13)14/h2-3,6-7,9-10,20H,4-5,8H2,1H3,(H,25,26)/t10-/m0/s1. The van der Waals surface area contributed by atoms with Crippen LogP contribution in [-0.4, -0.2) is 56.9 Å². The van der Waals surface area contributed by atoms with E-state index in [9.17, 15) is 14.7 Å². The van der Waals surface area contributed by atoms with E-state index >= 15 is 0 Å². The molecule has 1 saturated heterocycles. The van der Waals surface area contributed by atoms with Gasteiger partial charge in [0, 0.05) is 36.1 Å². The molecule has 0 spiro atoms. The number of imidazole rings is 1. The molecule has 8 heteroatoms. The second kappa shape index (κ2) is 6.26. The Kier molecular flexibility index (Phi) is 4.05. The van der Waals surface area contributed by atoms with E-state index in [2.05, 4.69) is 10.3 Å². The summed E-state index contributed by atoms with van der Waals surface area (Å²) in [6.07, 6.45) is 1.45. The van der Waals surface area contributed by atoms with Crippen LogP contribution in [0.15, 0.2) is 30.6 Å². The van der Waals surface area contributed by atoms with Crippen molar-refractivity contribution in [3.05, 3.63) is 46.9 Å². The number of fused-ring (bicyclic) bond motifs is 3. The van der Waals surface area contributed by atoms with E-state index in [4.69, 9.17) is 11.6 Å². The number of hydrogen-bond acceptors (Lipinski definition) is 4. The molecule has 0 radical (unpaired) electrons. The average molecular weight is 373 g/mol. The van der Waals surface area contributed by atoms with Gasteiger partial charge in [0.25, 0.3) is 5.91 Å². The summed E-state index contributed by atoms with van der Waals surface area (Å²) in [5.41, 5.74) is 1.44. The lowest BCUT2D eigenvalue weighted by atomic mass is 10.1. The largest absolute Gasteiger partial charge is 0.476 e. The quantitative estimate of drug-likeness (QED) is 0.720. The topological polar surface area (TPSA) is 86.9 Å². The second-order valence-corrected chi connectivity index (χ2v) is 6.92. The SMILES string of the molecule is C[C@H]1CN(C(=O)c2cc3c(C(=O)O)ncn3c3ccc(Cl)cc23)CCN1. The molecule has 3 aromatic rings. The number of benzene rings is 1. The Balaban J connectivity index is 1.96. The zero-order chi connectivity index (χ0) is 18.4. The van der Waals surface area contributed by atoms with Gasteiger partial charge in [-0.15, -0.1) is 0 Å². The van der Waals surface area contributed by atoms with E-state index < -0.39 is 5.97 Å². The molecule has 1 fully saturated rings. The number of carbonyl (C=O) groups is 2. The predicted molar refractivity (Wildman–Crippen MR) is 98.0 cm³/mol. The average Bonchev–Trinajstić information content (AvgIpc) is 3.04. The van der Waals surface area contributed by atoms with Crippen LogP contribution in [0.4, 0.5) is 0 Å². The number of halogens is 1. The van der Waals surface area contributed by atoms with Gasteiger partial charge in [0.1, 0.15) is 6.33 Å². The molecule has 4 rings (SSSR count). The molecule has 2 N–H and O–H groups in total. The zero-order valence-corrected chi connectivity index (χ0v) is 14.8. The highest BCUT2D eigenvalue weighted by Gasteiger charge is 2.25. The van der Waals surface area contributed by atoms with Gasteiger partial charge < -0.3 is 15.3 Å². The number of piperazine rings is 1. The van der Waals surface area contributed by atoms with Crippen LogP contribution in [0.5, 0.6) is 0 Å². The summed E-state index contributed by atoms with van der Waals surface area (Å²) >= 11 is 6.16. The third-order valence-corrected chi connectivity index (χ3v) is 4.92. The predicted octanol–water partition coefficient (Wildman–Crippen LogP) is 2.27. The smallest absolute Gasteiger partial charge is 0.356 e. The van der Waals surface area contributed by atoms with Crippen molar-refractivity contribution in [1.29, 1.82) is 0 Å². The third-order valence-electron chi connectivity index (χ3n) is 4.68. The van der Waals surface area contributed by atoms with Crippen LogP contribution in [0, 0.1) is 0 Å². The van der Waals surface area contributed by atoms with E-state index in [0.717, 1.165) is 6.54 Å². The maximum absolute atomic E-state index is 13.2. The van der Waals surface area contributed by atoms with Gasteiger partial charge in [0.15, 0.2) is 5.69 Å². The minimum atomic E-state index is -1.13. The van der Waals surface area contributed by atoms with E-state index in [0.29, 0.717) is 40.1 Å². The Morgan fingerprint density at radius 1 is 1.31 bits per heavy atom. The van der Waals surface area contributed by atoms with Gasteiger partial charge in [-0.05, 0) is 31.2 Å². The van der Waals surface area contributed by atoms with Crippen molar-refractivity contribution in [2.45, 2.75) is 13.0 Å². The number of nitrogens with one attached hydrogen (secondary N) is 1. The molecule has 0 saturated carbocycles. The first-order valence-electron chi connectivity index (χ1n) is 8.31. The molecule has 2 aromatic heterocycles. The molecule has 3 heterocycles. The van der Waals surface area contributed by atoms with Gasteiger partial charge in [-0.25, -0.2) is 9.78 Å². The van der Waals surface area contributed by atoms with Gasteiger partial charge in [-0.1, -0.05) is 11.6 Å². The Morgan fingerprint density at radius 3 is 2.85 bits per heavy atom. The molecule has 1 atom stereocenters. The first-order valence-corrected chi connectivity index (χ1v) is 8.69. The van der Waals surface area contributed by atoms with Gasteiger partial charge in [-0.2, -0.15) is 0 Å². The summed E-state index contributed by atoms with van der Waals surface area (Å²) in [7, 11) is 0. The number of amides is 1. The van der Waals surface area contributed by atoms with Crippen molar-refractivity contribution in [3.63, 3.8) is 0 Å². The fourth-order valence-electron chi connectivity index (χ4n) is 3.47. The number of nitrogens with zero attached hydrogens (tertiary/aromatic N) is 3. The van der Waals surface area contributed by atoms with Crippen molar-refractivity contribution < 1.29 is 14.7 Å². The zero-order valence-electron chi connectivity index (χ0n) is 14.1. The molecule has 1 amide bonds. The minimum Gasteiger partial charge on any atom is -0.476 e. The van der Waals surface area contributed by atoms with Crippen LogP contribution < -0.4 is 5.32 Å². The molecule has 7 nitrogen and oxygen atoms in total. The molecule has 1 aromatic carbocycles. The Hall–Kier alpha value is -2.64. The molecule has 0 bridgehead atoms. The first kappa shape index (κ1) is 16.8. The Morgan fingerprint density at radius 2 is 2.12 bits per heavy atom. The molecular weight excluding hydrogens is 356 g/mol. The Labute approximate surface area is 154 Å². The van der Waals surface area contributed by atoms with E-state index in [1.807, 2.05) is 6.92 Å². The summed E-state index contributed by atoms with van der Waals surface area (Å²) < 4.78 is 1.67. The van der Waals surface area contributed by atoms with Crippen LogP contribution in [0.2, 0.25) is 5.02 Å². The van der Waals surface area contributed by atoms with Crippen LogP contribution in [0.1, 0.15) is 27.8 Å². The molecule has 1 aliphatic heterocycles. The van der Waals surface area contributed by atoms with Crippen LogP contribution in [-0.2, 0) is 0 Å². The number of carboxylic acids is 1. The van der Waals surface area contributed by atoms with Crippen molar-refractivity contribution in [1.82, 2.24) is 19.6 Å². The molecule has 134 valence electrons. The third kappa shape index (κ3) is 2.69. The maximum Gasteiger partial charge on any atom is 0.356 e. The minimum absolute atomic E-state index is 0.0791. The van der Waals surface area contributed by atoms with Gasteiger partial charge in [-0.3, -0.25) is 9.20 Å². The lowest BCUT2D eigenvalue weighted by Gasteiger charge is -2.32. The highest BCUT2D eigenvalue weighted by molar-refractivity contribution is 6.31. The number of pyridine rings is 1. The van der Waals surface area contributed by atoms with E-state index in [-0.39, 0.29) is 17.6 Å². The number of aromatic carboxylic acids is 1. The van der Waals surface area contributed by atoms with Crippen molar-refractivity contribution in [3.8, 4) is 0 Å². The lowest BCUT2D eigenvalue weighted by Crippen LogP contribution is -2.51. The summed E-state index contributed by atoms with van der Waals surface area (Å²) in [5.74, 6) is -1.26. The summed E-state index contributed by atoms with van der Waals surface area (Å²) in [5, 5.41) is 13.9. The fourth-order valence-corrected chi connectivity index (χ4v) is 3.64. The maximum atomic E-state index is 13.2. The number of hydrogen-bond donors (Lipinski definition) is 2. The molecular formula is C18H17ClN4O3. The number of carboxylic acid groups (broad SMARTS) is 1. The fraction of sp³-hybridized carbons (Fsp3) is 0.278. The number of carbonyl (C=O) groups excluding carboxylic acids is 1. The van der Waals surface area contributed by atoms with Crippen molar-refractivity contribution in [2.75, 3.05) is 19.6 Å². The van der Waals surface area contributed by atoms with Gasteiger partial charge in [0.2, 0.25) is 0 Å².